The molecule has 2 amide bonds. The van der Waals surface area contributed by atoms with E-state index < -0.39 is 0 Å². The molecule has 0 spiro atoms. The Hall–Kier alpha value is -1.51. The van der Waals surface area contributed by atoms with Gasteiger partial charge in [-0.15, -0.1) is 0 Å². The first kappa shape index (κ1) is 19.5. The fourth-order valence-corrected chi connectivity index (χ4v) is 2.61. The van der Waals surface area contributed by atoms with Gasteiger partial charge >= 0.3 is 6.03 Å². The van der Waals surface area contributed by atoms with Crippen molar-refractivity contribution in [1.29, 1.82) is 0 Å². The van der Waals surface area contributed by atoms with Crippen LogP contribution in [0.15, 0.2) is 24.3 Å². The highest BCUT2D eigenvalue weighted by Crippen LogP contribution is 2.11. The lowest BCUT2D eigenvalue weighted by atomic mass is 10.1. The van der Waals surface area contributed by atoms with Crippen LogP contribution < -0.4 is 5.32 Å². The summed E-state index contributed by atoms with van der Waals surface area (Å²) in [6.07, 6.45) is 9.58. The molecule has 3 heteroatoms. The second-order valence-electron chi connectivity index (χ2n) is 6.40. The van der Waals surface area contributed by atoms with E-state index in [4.69, 9.17) is 0 Å². The van der Waals surface area contributed by atoms with Crippen LogP contribution in [0.5, 0.6) is 0 Å². The number of rotatable bonds is 11. The lowest BCUT2D eigenvalue weighted by Gasteiger charge is -2.23. The number of urea groups is 1. The first-order valence-electron chi connectivity index (χ1n) is 9.30. The number of unbranched alkanes of at least 4 members (excludes halogenated alkanes) is 6. The van der Waals surface area contributed by atoms with Crippen LogP contribution >= 0.6 is 0 Å². The van der Waals surface area contributed by atoms with Crippen LogP contribution in [-0.2, 0) is 0 Å². The maximum absolute atomic E-state index is 12.5. The molecule has 0 heterocycles. The van der Waals surface area contributed by atoms with Gasteiger partial charge < -0.3 is 10.2 Å². The molecule has 0 aliphatic rings. The van der Waals surface area contributed by atoms with E-state index in [0.717, 1.165) is 31.6 Å². The number of hydrogen-bond acceptors (Lipinski definition) is 1. The molecule has 1 N–H and O–H groups in total. The Labute approximate surface area is 142 Å². The number of nitrogens with zero attached hydrogens (tertiary/aromatic N) is 1. The average Bonchev–Trinajstić information content (AvgIpc) is 2.55. The largest absolute Gasteiger partial charge is 0.325 e. The van der Waals surface area contributed by atoms with Crippen LogP contribution in [0, 0.1) is 6.92 Å². The van der Waals surface area contributed by atoms with Crippen molar-refractivity contribution in [2.45, 2.75) is 72.1 Å². The number of benzene rings is 1. The Morgan fingerprint density at radius 3 is 1.87 bits per heavy atom. The highest BCUT2D eigenvalue weighted by atomic mass is 16.2. The molecule has 0 bridgehead atoms. The van der Waals surface area contributed by atoms with Crippen molar-refractivity contribution in [1.82, 2.24) is 4.90 Å². The SMILES string of the molecule is CCCCCCN(CCCCCC)C(=O)Nc1ccc(C)cc1. The maximum atomic E-state index is 12.5. The third-order valence-corrected chi connectivity index (χ3v) is 4.15. The molecule has 0 aliphatic carbocycles. The molecule has 1 aromatic rings. The first-order chi connectivity index (χ1) is 11.2. The van der Waals surface area contributed by atoms with Crippen LogP contribution in [0.25, 0.3) is 0 Å². The molecule has 0 aromatic heterocycles. The maximum Gasteiger partial charge on any atom is 0.321 e. The van der Waals surface area contributed by atoms with Gasteiger partial charge in [0.25, 0.3) is 0 Å². The van der Waals surface area contributed by atoms with Gasteiger partial charge in [0, 0.05) is 18.8 Å². The van der Waals surface area contributed by atoms with Crippen molar-refractivity contribution in [3.8, 4) is 0 Å². The summed E-state index contributed by atoms with van der Waals surface area (Å²) < 4.78 is 0. The Morgan fingerprint density at radius 2 is 1.39 bits per heavy atom. The van der Waals surface area contributed by atoms with E-state index in [1.54, 1.807) is 0 Å². The molecule has 0 radical (unpaired) electrons. The van der Waals surface area contributed by atoms with Gasteiger partial charge in [0.05, 0.1) is 0 Å². The minimum atomic E-state index is 0.0434. The highest BCUT2D eigenvalue weighted by molar-refractivity contribution is 5.89. The molecule has 0 atom stereocenters. The Morgan fingerprint density at radius 1 is 0.870 bits per heavy atom. The highest BCUT2D eigenvalue weighted by Gasteiger charge is 2.12. The van der Waals surface area contributed by atoms with E-state index in [2.05, 4.69) is 26.1 Å². The summed E-state index contributed by atoms with van der Waals surface area (Å²) in [6.45, 7) is 8.21. The van der Waals surface area contributed by atoms with E-state index in [1.807, 2.05) is 29.2 Å². The molecule has 3 nitrogen and oxygen atoms in total. The number of amides is 2. The summed E-state index contributed by atoms with van der Waals surface area (Å²) in [4.78, 5) is 14.5. The van der Waals surface area contributed by atoms with E-state index in [1.165, 1.54) is 44.1 Å². The lowest BCUT2D eigenvalue weighted by molar-refractivity contribution is 0.209. The van der Waals surface area contributed by atoms with Crippen molar-refractivity contribution in [3.63, 3.8) is 0 Å². The van der Waals surface area contributed by atoms with Gasteiger partial charge in [0.15, 0.2) is 0 Å². The fraction of sp³-hybridized carbons (Fsp3) is 0.650. The smallest absolute Gasteiger partial charge is 0.321 e. The summed E-state index contributed by atoms with van der Waals surface area (Å²) in [5.41, 5.74) is 2.09. The quantitative estimate of drug-likeness (QED) is 0.499. The van der Waals surface area contributed by atoms with Crippen LogP contribution in [0.1, 0.15) is 70.8 Å². The van der Waals surface area contributed by atoms with Crippen molar-refractivity contribution in [2.75, 3.05) is 18.4 Å². The Kier molecular flexibility index (Phi) is 10.2. The topological polar surface area (TPSA) is 32.3 Å². The zero-order chi connectivity index (χ0) is 16.9. The van der Waals surface area contributed by atoms with Gasteiger partial charge in [-0.25, -0.2) is 4.79 Å². The predicted octanol–water partition coefficient (Wildman–Crippen LogP) is 5.99. The summed E-state index contributed by atoms with van der Waals surface area (Å²) >= 11 is 0. The van der Waals surface area contributed by atoms with Crippen LogP contribution in [0.4, 0.5) is 10.5 Å². The summed E-state index contributed by atoms with van der Waals surface area (Å²) in [7, 11) is 0. The molecule has 0 saturated heterocycles. The third-order valence-electron chi connectivity index (χ3n) is 4.15. The number of aryl methyl sites for hydroxylation is 1. The average molecular weight is 319 g/mol. The molecular formula is C20H34N2O. The number of carbonyl (C=O) groups is 1. The van der Waals surface area contributed by atoms with E-state index in [9.17, 15) is 4.79 Å². The van der Waals surface area contributed by atoms with E-state index in [0.29, 0.717) is 0 Å². The van der Waals surface area contributed by atoms with E-state index in [-0.39, 0.29) is 6.03 Å². The number of nitrogens with one attached hydrogen (secondary N) is 1. The van der Waals surface area contributed by atoms with Gasteiger partial charge in [-0.2, -0.15) is 0 Å². The fourth-order valence-electron chi connectivity index (χ4n) is 2.61. The van der Waals surface area contributed by atoms with Crippen LogP contribution in [-0.4, -0.2) is 24.0 Å². The van der Waals surface area contributed by atoms with Crippen molar-refractivity contribution in [3.05, 3.63) is 29.8 Å². The predicted molar refractivity (Wildman–Crippen MR) is 100 cm³/mol. The summed E-state index contributed by atoms with van der Waals surface area (Å²) in [6, 6.07) is 8.05. The van der Waals surface area contributed by atoms with Gasteiger partial charge in [0.1, 0.15) is 0 Å². The summed E-state index contributed by atoms with van der Waals surface area (Å²) in [5, 5.41) is 3.04. The molecule has 1 rings (SSSR count). The molecule has 23 heavy (non-hydrogen) atoms. The monoisotopic (exact) mass is 318 g/mol. The van der Waals surface area contributed by atoms with Gasteiger partial charge in [-0.3, -0.25) is 0 Å². The van der Waals surface area contributed by atoms with E-state index >= 15 is 0 Å². The van der Waals surface area contributed by atoms with Gasteiger partial charge in [-0.1, -0.05) is 70.1 Å². The minimum absolute atomic E-state index is 0.0434. The van der Waals surface area contributed by atoms with Crippen LogP contribution in [0.3, 0.4) is 0 Å². The number of anilines is 1. The Balaban J connectivity index is 2.49. The zero-order valence-electron chi connectivity index (χ0n) is 15.2. The number of carbonyl (C=O) groups excluding carboxylic acids is 1. The number of hydrogen-bond donors (Lipinski definition) is 1. The van der Waals surface area contributed by atoms with Crippen molar-refractivity contribution in [2.24, 2.45) is 0 Å². The first-order valence-corrected chi connectivity index (χ1v) is 9.30. The minimum Gasteiger partial charge on any atom is -0.325 e. The molecule has 0 saturated carbocycles. The lowest BCUT2D eigenvalue weighted by Crippen LogP contribution is -2.36. The molecule has 1 aromatic carbocycles. The standard InChI is InChI=1S/C20H34N2O/c1-4-6-8-10-16-22(17-11-9-7-5-2)20(23)21-19-14-12-18(3)13-15-19/h12-15H,4-11,16-17H2,1-3H3,(H,21,23). The van der Waals surface area contributed by atoms with Gasteiger partial charge in [-0.05, 0) is 31.9 Å². The molecular weight excluding hydrogens is 284 g/mol. The Bertz CT molecular complexity index is 416. The molecule has 130 valence electrons. The zero-order valence-corrected chi connectivity index (χ0v) is 15.2. The van der Waals surface area contributed by atoms with Crippen LogP contribution in [0.2, 0.25) is 0 Å². The van der Waals surface area contributed by atoms with Crippen molar-refractivity contribution >= 4 is 11.7 Å². The second-order valence-corrected chi connectivity index (χ2v) is 6.40. The third kappa shape index (κ3) is 8.63. The molecule has 0 aliphatic heterocycles. The van der Waals surface area contributed by atoms with Gasteiger partial charge in [0.2, 0.25) is 0 Å². The normalized spacial score (nSPS) is 10.6. The molecule has 0 fully saturated rings. The molecule has 0 unspecified atom stereocenters. The second kappa shape index (κ2) is 12.0. The summed E-state index contributed by atoms with van der Waals surface area (Å²) in [5.74, 6) is 0. The van der Waals surface area contributed by atoms with Crippen molar-refractivity contribution < 1.29 is 4.79 Å².